The van der Waals surface area contributed by atoms with Gasteiger partial charge in [0.05, 0.1) is 16.7 Å². The van der Waals surface area contributed by atoms with E-state index in [1.807, 2.05) is 91.0 Å². The summed E-state index contributed by atoms with van der Waals surface area (Å²) in [5.41, 5.74) is 5.17. The average Bonchev–Trinajstić information content (AvgIpc) is 3.34. The second-order valence-corrected chi connectivity index (χ2v) is 8.33. The first-order chi connectivity index (χ1) is 16.8. The lowest BCUT2D eigenvalue weighted by Gasteiger charge is -2.17. The standard InChI is InChI=1S/C29H18N4O/c34-29-21-11-3-5-13-24(21)32(25-14-6-4-12-22(25)29)26-15-7-8-16-27(26)33-30-23-18-17-19-9-1-2-10-20(19)28(23)31-33/h1-18H. The summed E-state index contributed by atoms with van der Waals surface area (Å²) in [4.78, 5) is 14.9. The van der Waals surface area contributed by atoms with Gasteiger partial charge in [-0.1, -0.05) is 66.7 Å². The molecule has 0 amide bonds. The van der Waals surface area contributed by atoms with Crippen LogP contribution in [0.4, 0.5) is 0 Å². The highest BCUT2D eigenvalue weighted by atomic mass is 16.1. The molecule has 0 fully saturated rings. The van der Waals surface area contributed by atoms with E-state index in [1.54, 1.807) is 4.80 Å². The Hall–Kier alpha value is -4.77. The van der Waals surface area contributed by atoms with Crippen molar-refractivity contribution in [2.75, 3.05) is 0 Å². The van der Waals surface area contributed by atoms with Crippen LogP contribution < -0.4 is 5.43 Å². The van der Waals surface area contributed by atoms with Crippen LogP contribution in [0.15, 0.2) is 114 Å². The first-order valence-electron chi connectivity index (χ1n) is 11.2. The molecule has 0 N–H and O–H groups in total. The van der Waals surface area contributed by atoms with E-state index in [-0.39, 0.29) is 5.43 Å². The smallest absolute Gasteiger partial charge is 0.197 e. The van der Waals surface area contributed by atoms with Crippen molar-refractivity contribution in [3.05, 3.63) is 119 Å². The Morgan fingerprint density at radius 3 is 1.85 bits per heavy atom. The summed E-state index contributed by atoms with van der Waals surface area (Å²) >= 11 is 0. The molecule has 0 unspecified atom stereocenters. The van der Waals surface area contributed by atoms with Crippen molar-refractivity contribution in [3.63, 3.8) is 0 Å². The first kappa shape index (κ1) is 18.8. The number of hydrogen-bond donors (Lipinski definition) is 0. The van der Waals surface area contributed by atoms with Gasteiger partial charge >= 0.3 is 0 Å². The highest BCUT2D eigenvalue weighted by molar-refractivity contribution is 6.03. The molecule has 0 aliphatic heterocycles. The van der Waals surface area contributed by atoms with E-state index in [4.69, 9.17) is 10.2 Å². The Morgan fingerprint density at radius 2 is 1.12 bits per heavy atom. The number of para-hydroxylation sites is 4. The Morgan fingerprint density at radius 1 is 0.529 bits per heavy atom. The van der Waals surface area contributed by atoms with Crippen LogP contribution in [-0.2, 0) is 0 Å². The molecule has 160 valence electrons. The van der Waals surface area contributed by atoms with Crippen molar-refractivity contribution < 1.29 is 0 Å². The van der Waals surface area contributed by atoms with Crippen LogP contribution in [0.3, 0.4) is 0 Å². The number of benzene rings is 5. The van der Waals surface area contributed by atoms with E-state index in [0.717, 1.165) is 44.2 Å². The molecule has 34 heavy (non-hydrogen) atoms. The molecule has 0 saturated heterocycles. The van der Waals surface area contributed by atoms with Crippen molar-refractivity contribution in [1.29, 1.82) is 0 Å². The highest BCUT2D eigenvalue weighted by Crippen LogP contribution is 2.29. The number of pyridine rings is 1. The molecule has 0 radical (unpaired) electrons. The van der Waals surface area contributed by atoms with Gasteiger partial charge in [-0.2, -0.15) is 0 Å². The van der Waals surface area contributed by atoms with Gasteiger partial charge in [0, 0.05) is 16.2 Å². The minimum Gasteiger partial charge on any atom is -0.307 e. The van der Waals surface area contributed by atoms with Gasteiger partial charge in [0.15, 0.2) is 5.43 Å². The van der Waals surface area contributed by atoms with E-state index >= 15 is 0 Å². The summed E-state index contributed by atoms with van der Waals surface area (Å²) in [6.07, 6.45) is 0. The van der Waals surface area contributed by atoms with Gasteiger partial charge in [-0.25, -0.2) is 0 Å². The molecule has 0 atom stereocenters. The largest absolute Gasteiger partial charge is 0.307 e. The van der Waals surface area contributed by atoms with E-state index in [0.29, 0.717) is 10.8 Å². The molecular weight excluding hydrogens is 420 g/mol. The molecular formula is C29H18N4O. The maximum atomic E-state index is 13.2. The number of rotatable bonds is 2. The summed E-state index contributed by atoms with van der Waals surface area (Å²) in [5.74, 6) is 0. The van der Waals surface area contributed by atoms with E-state index in [9.17, 15) is 4.79 Å². The van der Waals surface area contributed by atoms with E-state index in [1.165, 1.54) is 0 Å². The third-order valence-electron chi connectivity index (χ3n) is 6.39. The normalized spacial score (nSPS) is 11.6. The van der Waals surface area contributed by atoms with Crippen molar-refractivity contribution in [2.24, 2.45) is 0 Å². The first-order valence-corrected chi connectivity index (χ1v) is 11.2. The number of hydrogen-bond acceptors (Lipinski definition) is 3. The van der Waals surface area contributed by atoms with Crippen LogP contribution in [0.1, 0.15) is 0 Å². The fourth-order valence-corrected chi connectivity index (χ4v) is 4.83. The molecule has 2 heterocycles. The summed E-state index contributed by atoms with van der Waals surface area (Å²) < 4.78 is 2.13. The van der Waals surface area contributed by atoms with E-state index in [2.05, 4.69) is 22.8 Å². The van der Waals surface area contributed by atoms with Gasteiger partial charge in [-0.05, 0) is 47.9 Å². The molecule has 2 aromatic heterocycles. The van der Waals surface area contributed by atoms with Gasteiger partial charge in [0.1, 0.15) is 16.7 Å². The van der Waals surface area contributed by atoms with Crippen LogP contribution in [0.2, 0.25) is 0 Å². The quantitative estimate of drug-likeness (QED) is 0.310. The average molecular weight is 438 g/mol. The lowest BCUT2D eigenvalue weighted by molar-refractivity contribution is 0.761. The molecule has 7 rings (SSSR count). The monoisotopic (exact) mass is 438 g/mol. The second kappa shape index (κ2) is 7.12. The maximum Gasteiger partial charge on any atom is 0.197 e. The molecule has 5 aromatic carbocycles. The molecule has 0 bridgehead atoms. The lowest BCUT2D eigenvalue weighted by Crippen LogP contribution is -2.12. The Bertz CT molecular complexity index is 1890. The van der Waals surface area contributed by atoms with Gasteiger partial charge < -0.3 is 4.57 Å². The molecule has 0 saturated carbocycles. The number of nitrogens with zero attached hydrogens (tertiary/aromatic N) is 4. The van der Waals surface area contributed by atoms with Crippen molar-refractivity contribution in [3.8, 4) is 11.4 Å². The maximum absolute atomic E-state index is 13.2. The zero-order chi connectivity index (χ0) is 22.6. The van der Waals surface area contributed by atoms with Crippen LogP contribution in [0.25, 0.3) is 55.0 Å². The second-order valence-electron chi connectivity index (χ2n) is 8.33. The topological polar surface area (TPSA) is 52.7 Å². The predicted molar refractivity (Wildman–Crippen MR) is 137 cm³/mol. The summed E-state index contributed by atoms with van der Waals surface area (Å²) in [6.45, 7) is 0. The van der Waals surface area contributed by atoms with Gasteiger partial charge in [0.25, 0.3) is 0 Å². The minimum atomic E-state index is 0.0364. The van der Waals surface area contributed by atoms with Crippen LogP contribution in [-0.4, -0.2) is 19.6 Å². The molecule has 5 nitrogen and oxygen atoms in total. The zero-order valence-electron chi connectivity index (χ0n) is 18.1. The Labute approximate surface area is 194 Å². The van der Waals surface area contributed by atoms with Crippen LogP contribution in [0, 0.1) is 0 Å². The van der Waals surface area contributed by atoms with Gasteiger partial charge in [0.2, 0.25) is 0 Å². The number of aromatic nitrogens is 4. The summed E-state index contributed by atoms with van der Waals surface area (Å²) in [6, 6.07) is 35.8. The third-order valence-corrected chi connectivity index (χ3v) is 6.39. The predicted octanol–water partition coefficient (Wildman–Crippen LogP) is 6.03. The van der Waals surface area contributed by atoms with Gasteiger partial charge in [-0.3, -0.25) is 4.79 Å². The van der Waals surface area contributed by atoms with Crippen LogP contribution in [0.5, 0.6) is 0 Å². The molecule has 7 aromatic rings. The SMILES string of the molecule is O=c1c2ccccc2n(-c2ccccc2-n2nc3ccc4ccccc4c3n2)c2ccccc12. The number of fused-ring (bicyclic) bond motifs is 5. The highest BCUT2D eigenvalue weighted by Gasteiger charge is 2.16. The van der Waals surface area contributed by atoms with Crippen molar-refractivity contribution in [2.45, 2.75) is 0 Å². The van der Waals surface area contributed by atoms with E-state index < -0.39 is 0 Å². The minimum absolute atomic E-state index is 0.0364. The Kier molecular flexibility index (Phi) is 3.93. The molecule has 0 spiro atoms. The third kappa shape index (κ3) is 2.64. The molecule has 0 aliphatic carbocycles. The zero-order valence-corrected chi connectivity index (χ0v) is 18.1. The van der Waals surface area contributed by atoms with Crippen molar-refractivity contribution in [1.82, 2.24) is 19.6 Å². The fourth-order valence-electron chi connectivity index (χ4n) is 4.83. The summed E-state index contributed by atoms with van der Waals surface area (Å²) in [5, 5.41) is 13.3. The van der Waals surface area contributed by atoms with Crippen molar-refractivity contribution >= 4 is 43.6 Å². The lowest BCUT2D eigenvalue weighted by atomic mass is 10.1. The van der Waals surface area contributed by atoms with Gasteiger partial charge in [-0.15, -0.1) is 15.0 Å². The summed E-state index contributed by atoms with van der Waals surface area (Å²) in [7, 11) is 0. The fraction of sp³-hybridized carbons (Fsp3) is 0. The Balaban J connectivity index is 1.58. The molecule has 0 aliphatic rings. The molecule has 5 heteroatoms. The van der Waals surface area contributed by atoms with Crippen LogP contribution >= 0.6 is 0 Å².